The first-order valence-electron chi connectivity index (χ1n) is 7.35. The van der Waals surface area contributed by atoms with E-state index in [2.05, 4.69) is 52.4 Å². The van der Waals surface area contributed by atoms with Gasteiger partial charge in [-0.3, -0.25) is 4.79 Å². The first-order chi connectivity index (χ1) is 9.60. The minimum Gasteiger partial charge on any atom is -0.342 e. The minimum absolute atomic E-state index is 0.281. The standard InChI is InChI=1S/C16H23BrN2O/c1-3-16(20)19-9-8-15(12(2)11-19)18-10-13-4-6-14(17)7-5-13/h4-7,12,15,18H,3,8-11H2,1-2H3/t12-,15+/m1/s1. The van der Waals surface area contributed by atoms with Gasteiger partial charge < -0.3 is 10.2 Å². The molecule has 1 N–H and O–H groups in total. The molecular weight excluding hydrogens is 316 g/mol. The Morgan fingerprint density at radius 3 is 2.70 bits per heavy atom. The number of carbonyl (C=O) groups excluding carboxylic acids is 1. The van der Waals surface area contributed by atoms with Gasteiger partial charge in [-0.25, -0.2) is 0 Å². The fourth-order valence-corrected chi connectivity index (χ4v) is 3.01. The van der Waals surface area contributed by atoms with Gasteiger partial charge in [-0.05, 0) is 30.0 Å². The number of nitrogens with zero attached hydrogens (tertiary/aromatic N) is 1. The molecule has 4 heteroatoms. The van der Waals surface area contributed by atoms with E-state index in [0.29, 0.717) is 18.4 Å². The molecule has 1 fully saturated rings. The number of likely N-dealkylation sites (tertiary alicyclic amines) is 1. The Morgan fingerprint density at radius 1 is 1.40 bits per heavy atom. The second-order valence-corrected chi connectivity index (χ2v) is 6.49. The zero-order valence-electron chi connectivity index (χ0n) is 12.2. The third-order valence-electron chi connectivity index (χ3n) is 4.04. The topological polar surface area (TPSA) is 32.3 Å². The molecule has 1 heterocycles. The van der Waals surface area contributed by atoms with Gasteiger partial charge in [0, 0.05) is 36.6 Å². The Morgan fingerprint density at radius 2 is 2.10 bits per heavy atom. The third kappa shape index (κ3) is 4.06. The molecule has 0 aliphatic carbocycles. The van der Waals surface area contributed by atoms with Crippen LogP contribution in [0.3, 0.4) is 0 Å². The average molecular weight is 339 g/mol. The fourth-order valence-electron chi connectivity index (χ4n) is 2.75. The normalized spacial score (nSPS) is 22.9. The van der Waals surface area contributed by atoms with Crippen LogP contribution in [0.4, 0.5) is 0 Å². The Kier molecular flexibility index (Phi) is 5.61. The Labute approximate surface area is 129 Å². The summed E-state index contributed by atoms with van der Waals surface area (Å²) in [7, 11) is 0. The second-order valence-electron chi connectivity index (χ2n) is 5.57. The summed E-state index contributed by atoms with van der Waals surface area (Å²) in [4.78, 5) is 13.7. The number of rotatable bonds is 4. The lowest BCUT2D eigenvalue weighted by Crippen LogP contribution is -2.49. The molecule has 3 nitrogen and oxygen atoms in total. The minimum atomic E-state index is 0.281. The van der Waals surface area contributed by atoms with Gasteiger partial charge in [-0.2, -0.15) is 0 Å². The molecule has 1 aliphatic heterocycles. The van der Waals surface area contributed by atoms with Crippen LogP contribution < -0.4 is 5.32 Å². The summed E-state index contributed by atoms with van der Waals surface area (Å²) in [5.74, 6) is 0.790. The molecule has 0 saturated carbocycles. The number of hydrogen-bond acceptors (Lipinski definition) is 2. The smallest absolute Gasteiger partial charge is 0.222 e. The average Bonchev–Trinajstić information content (AvgIpc) is 2.46. The van der Waals surface area contributed by atoms with Crippen molar-refractivity contribution in [1.82, 2.24) is 10.2 Å². The van der Waals surface area contributed by atoms with E-state index in [4.69, 9.17) is 0 Å². The summed E-state index contributed by atoms with van der Waals surface area (Å²) in [5.41, 5.74) is 1.30. The van der Waals surface area contributed by atoms with Gasteiger partial charge in [0.1, 0.15) is 0 Å². The van der Waals surface area contributed by atoms with Crippen molar-refractivity contribution in [2.75, 3.05) is 13.1 Å². The lowest BCUT2D eigenvalue weighted by molar-refractivity contribution is -0.132. The Hall–Kier alpha value is -0.870. The summed E-state index contributed by atoms with van der Waals surface area (Å²) >= 11 is 3.45. The van der Waals surface area contributed by atoms with E-state index >= 15 is 0 Å². The molecule has 110 valence electrons. The van der Waals surface area contributed by atoms with E-state index in [1.807, 2.05) is 11.8 Å². The van der Waals surface area contributed by atoms with Gasteiger partial charge in [0.25, 0.3) is 0 Å². The van der Waals surface area contributed by atoms with Crippen LogP contribution in [0.25, 0.3) is 0 Å². The molecule has 1 aromatic carbocycles. The Balaban J connectivity index is 1.83. The predicted octanol–water partition coefficient (Wildman–Crippen LogP) is 3.19. The highest BCUT2D eigenvalue weighted by atomic mass is 79.9. The molecular formula is C16H23BrN2O. The molecule has 1 aromatic rings. The van der Waals surface area contributed by atoms with Crippen LogP contribution in [0.2, 0.25) is 0 Å². The highest BCUT2D eigenvalue weighted by molar-refractivity contribution is 9.10. The number of amides is 1. The lowest BCUT2D eigenvalue weighted by atomic mass is 9.93. The highest BCUT2D eigenvalue weighted by Gasteiger charge is 2.27. The van der Waals surface area contributed by atoms with Crippen LogP contribution in [0.1, 0.15) is 32.3 Å². The maximum absolute atomic E-state index is 11.7. The van der Waals surface area contributed by atoms with Crippen molar-refractivity contribution < 1.29 is 4.79 Å². The van der Waals surface area contributed by atoms with Crippen LogP contribution in [0.5, 0.6) is 0 Å². The van der Waals surface area contributed by atoms with Gasteiger partial charge in [0.15, 0.2) is 0 Å². The quantitative estimate of drug-likeness (QED) is 0.914. The number of nitrogens with one attached hydrogen (secondary N) is 1. The number of hydrogen-bond donors (Lipinski definition) is 1. The molecule has 0 aromatic heterocycles. The van der Waals surface area contributed by atoms with Crippen LogP contribution in [-0.2, 0) is 11.3 Å². The van der Waals surface area contributed by atoms with Crippen molar-refractivity contribution in [3.8, 4) is 0 Å². The summed E-state index contributed by atoms with van der Waals surface area (Å²) in [5, 5.41) is 3.63. The second kappa shape index (κ2) is 7.23. The van der Waals surface area contributed by atoms with Crippen molar-refractivity contribution in [2.24, 2.45) is 5.92 Å². The van der Waals surface area contributed by atoms with Crippen LogP contribution in [0.15, 0.2) is 28.7 Å². The summed E-state index contributed by atoms with van der Waals surface area (Å²) in [6.07, 6.45) is 1.66. The van der Waals surface area contributed by atoms with Gasteiger partial charge in [0.05, 0.1) is 0 Å². The van der Waals surface area contributed by atoms with Crippen molar-refractivity contribution in [1.29, 1.82) is 0 Å². The monoisotopic (exact) mass is 338 g/mol. The lowest BCUT2D eigenvalue weighted by Gasteiger charge is -2.37. The van der Waals surface area contributed by atoms with Gasteiger partial charge in [-0.15, -0.1) is 0 Å². The maximum Gasteiger partial charge on any atom is 0.222 e. The zero-order valence-corrected chi connectivity index (χ0v) is 13.8. The van der Waals surface area contributed by atoms with Crippen molar-refractivity contribution >= 4 is 21.8 Å². The SMILES string of the molecule is CCC(=O)N1CC[C@H](NCc2ccc(Br)cc2)[C@H](C)C1. The van der Waals surface area contributed by atoms with Gasteiger partial charge >= 0.3 is 0 Å². The molecule has 2 rings (SSSR count). The van der Waals surface area contributed by atoms with Crippen molar-refractivity contribution in [3.05, 3.63) is 34.3 Å². The number of benzene rings is 1. The molecule has 1 saturated heterocycles. The van der Waals surface area contributed by atoms with Crippen LogP contribution in [-0.4, -0.2) is 29.9 Å². The molecule has 0 spiro atoms. The fraction of sp³-hybridized carbons (Fsp3) is 0.562. The first-order valence-corrected chi connectivity index (χ1v) is 8.15. The predicted molar refractivity (Wildman–Crippen MR) is 85.4 cm³/mol. The Bertz CT molecular complexity index is 446. The van der Waals surface area contributed by atoms with E-state index in [9.17, 15) is 4.79 Å². The molecule has 1 aliphatic rings. The van der Waals surface area contributed by atoms with E-state index in [1.54, 1.807) is 0 Å². The maximum atomic E-state index is 11.7. The van der Waals surface area contributed by atoms with Crippen molar-refractivity contribution in [3.63, 3.8) is 0 Å². The largest absolute Gasteiger partial charge is 0.342 e. The van der Waals surface area contributed by atoms with Crippen LogP contribution in [0, 0.1) is 5.92 Å². The molecule has 1 amide bonds. The van der Waals surface area contributed by atoms with E-state index in [0.717, 1.165) is 30.5 Å². The number of carbonyl (C=O) groups is 1. The molecule has 0 bridgehead atoms. The first kappa shape index (κ1) is 15.5. The third-order valence-corrected chi connectivity index (χ3v) is 4.57. The van der Waals surface area contributed by atoms with Crippen molar-refractivity contribution in [2.45, 2.75) is 39.3 Å². The van der Waals surface area contributed by atoms with Crippen LogP contribution >= 0.6 is 15.9 Å². The summed E-state index contributed by atoms with van der Waals surface area (Å²) < 4.78 is 1.11. The molecule has 0 radical (unpaired) electrons. The van der Waals surface area contributed by atoms with E-state index < -0.39 is 0 Å². The molecule has 0 unspecified atom stereocenters. The van der Waals surface area contributed by atoms with Gasteiger partial charge in [-0.1, -0.05) is 41.9 Å². The summed E-state index contributed by atoms with van der Waals surface area (Å²) in [6, 6.07) is 8.92. The zero-order chi connectivity index (χ0) is 14.5. The summed E-state index contributed by atoms with van der Waals surface area (Å²) in [6.45, 7) is 6.82. The highest BCUT2D eigenvalue weighted by Crippen LogP contribution is 2.18. The number of halogens is 1. The molecule has 2 atom stereocenters. The van der Waals surface area contributed by atoms with E-state index in [-0.39, 0.29) is 5.91 Å². The van der Waals surface area contributed by atoms with Gasteiger partial charge in [0.2, 0.25) is 5.91 Å². The number of piperidine rings is 1. The molecule has 20 heavy (non-hydrogen) atoms. The van der Waals surface area contributed by atoms with E-state index in [1.165, 1.54) is 5.56 Å².